The van der Waals surface area contributed by atoms with E-state index in [1.807, 2.05) is 13.8 Å². The Morgan fingerprint density at radius 2 is 1.54 bits per heavy atom. The molecule has 2 atom stereocenters. The molecule has 0 aromatic carbocycles. The molecule has 0 bridgehead atoms. The van der Waals surface area contributed by atoms with E-state index in [1.54, 1.807) is 0 Å². The summed E-state index contributed by atoms with van der Waals surface area (Å²) in [5.41, 5.74) is 2.86. The molecule has 1 aliphatic heterocycles. The SMILES string of the molecule is C#C[C@@](CC#C[Si](CC)(CC)CC)(O[Si](CC)(CC)CC)[C@H]1COC(C)(C)O1. The van der Waals surface area contributed by atoms with Crippen LogP contribution in [0.2, 0.25) is 36.3 Å². The minimum atomic E-state index is -1.94. The maximum atomic E-state index is 6.93. The van der Waals surface area contributed by atoms with Gasteiger partial charge in [0.2, 0.25) is 0 Å². The lowest BCUT2D eigenvalue weighted by Crippen LogP contribution is -2.54. The molecule has 1 aliphatic rings. The van der Waals surface area contributed by atoms with Crippen LogP contribution in [0.3, 0.4) is 0 Å². The third-order valence-corrected chi connectivity index (χ3v) is 16.3. The lowest BCUT2D eigenvalue weighted by atomic mass is 9.94. The normalized spacial score (nSPS) is 21.5. The molecular formula is C23H42O3Si2. The number of ether oxygens (including phenoxy) is 2. The van der Waals surface area contributed by atoms with E-state index >= 15 is 0 Å². The average Bonchev–Trinajstić information content (AvgIpc) is 3.09. The molecule has 1 fully saturated rings. The van der Waals surface area contributed by atoms with Crippen LogP contribution >= 0.6 is 0 Å². The van der Waals surface area contributed by atoms with Crippen molar-refractivity contribution in [3.05, 3.63) is 0 Å². The van der Waals surface area contributed by atoms with Gasteiger partial charge in [0.25, 0.3) is 0 Å². The summed E-state index contributed by atoms with van der Waals surface area (Å²) in [4.78, 5) is 0. The number of rotatable bonds is 10. The molecule has 0 aliphatic carbocycles. The average molecular weight is 423 g/mol. The molecule has 0 unspecified atom stereocenters. The van der Waals surface area contributed by atoms with Crippen LogP contribution in [-0.2, 0) is 13.9 Å². The molecule has 0 aromatic heterocycles. The van der Waals surface area contributed by atoms with Gasteiger partial charge in [-0.3, -0.25) is 0 Å². The van der Waals surface area contributed by atoms with E-state index in [4.69, 9.17) is 20.3 Å². The Morgan fingerprint density at radius 3 is 1.89 bits per heavy atom. The van der Waals surface area contributed by atoms with Gasteiger partial charge in [0.1, 0.15) is 14.2 Å². The first kappa shape index (κ1) is 25.5. The zero-order valence-electron chi connectivity index (χ0n) is 19.5. The largest absolute Gasteiger partial charge is 0.398 e. The van der Waals surface area contributed by atoms with Gasteiger partial charge in [0, 0.05) is 0 Å². The van der Waals surface area contributed by atoms with Gasteiger partial charge in [-0.15, -0.1) is 17.9 Å². The van der Waals surface area contributed by atoms with Crippen LogP contribution in [0.15, 0.2) is 0 Å². The van der Waals surface area contributed by atoms with Crippen LogP contribution in [0, 0.1) is 23.8 Å². The Morgan fingerprint density at radius 1 is 1.00 bits per heavy atom. The van der Waals surface area contributed by atoms with Crippen LogP contribution in [0.1, 0.15) is 61.8 Å². The van der Waals surface area contributed by atoms with E-state index in [9.17, 15) is 0 Å². The zero-order chi connectivity index (χ0) is 21.5. The van der Waals surface area contributed by atoms with Crippen molar-refractivity contribution in [3.8, 4) is 23.8 Å². The molecule has 1 rings (SSSR count). The van der Waals surface area contributed by atoms with Crippen molar-refractivity contribution in [1.82, 2.24) is 0 Å². The van der Waals surface area contributed by atoms with E-state index in [0.29, 0.717) is 13.0 Å². The van der Waals surface area contributed by atoms with Crippen molar-refractivity contribution in [2.75, 3.05) is 6.61 Å². The van der Waals surface area contributed by atoms with E-state index < -0.39 is 27.8 Å². The van der Waals surface area contributed by atoms with Gasteiger partial charge >= 0.3 is 0 Å². The van der Waals surface area contributed by atoms with Crippen molar-refractivity contribution in [2.45, 2.75) is 116 Å². The summed E-state index contributed by atoms with van der Waals surface area (Å²) in [5.74, 6) is 5.88. The first-order valence-electron chi connectivity index (χ1n) is 11.1. The second-order valence-corrected chi connectivity index (χ2v) is 18.1. The van der Waals surface area contributed by atoms with Gasteiger partial charge in [-0.2, -0.15) is 0 Å². The molecular weight excluding hydrogens is 380 g/mol. The Labute approximate surface area is 176 Å². The summed E-state index contributed by atoms with van der Waals surface area (Å²) < 4.78 is 19.0. The van der Waals surface area contributed by atoms with Gasteiger partial charge in [-0.25, -0.2) is 0 Å². The molecule has 1 saturated heterocycles. The maximum absolute atomic E-state index is 6.93. The zero-order valence-corrected chi connectivity index (χ0v) is 21.5. The minimum Gasteiger partial charge on any atom is -0.398 e. The predicted octanol–water partition coefficient (Wildman–Crippen LogP) is 5.97. The van der Waals surface area contributed by atoms with Gasteiger partial charge < -0.3 is 13.9 Å². The van der Waals surface area contributed by atoms with E-state index in [-0.39, 0.29) is 6.10 Å². The molecule has 0 spiro atoms. The third-order valence-electron chi connectivity index (χ3n) is 6.84. The summed E-state index contributed by atoms with van der Waals surface area (Å²) in [6.07, 6.45) is 6.40. The first-order chi connectivity index (χ1) is 13.2. The number of hydrogen-bond donors (Lipinski definition) is 0. The highest BCUT2D eigenvalue weighted by Gasteiger charge is 2.50. The quantitative estimate of drug-likeness (QED) is 0.320. The van der Waals surface area contributed by atoms with Crippen molar-refractivity contribution < 1.29 is 13.9 Å². The topological polar surface area (TPSA) is 27.7 Å². The fraction of sp³-hybridized carbons (Fsp3) is 0.826. The number of hydrogen-bond acceptors (Lipinski definition) is 3. The Kier molecular flexibility index (Phi) is 9.51. The van der Waals surface area contributed by atoms with Gasteiger partial charge in [-0.05, 0) is 50.1 Å². The van der Waals surface area contributed by atoms with Crippen LogP contribution in [0.4, 0.5) is 0 Å². The Balaban J connectivity index is 3.30. The molecule has 0 aromatic rings. The van der Waals surface area contributed by atoms with E-state index in [0.717, 1.165) is 18.1 Å². The van der Waals surface area contributed by atoms with Crippen LogP contribution < -0.4 is 0 Å². The van der Waals surface area contributed by atoms with E-state index in [2.05, 4.69) is 58.9 Å². The third kappa shape index (κ3) is 5.74. The molecule has 1 heterocycles. The second-order valence-electron chi connectivity index (χ2n) is 8.52. The Bertz CT molecular complexity index is 575. The molecule has 0 N–H and O–H groups in total. The van der Waals surface area contributed by atoms with Gasteiger partial charge in [0.15, 0.2) is 19.7 Å². The minimum absolute atomic E-state index is 0.278. The molecule has 0 amide bonds. The lowest BCUT2D eigenvalue weighted by molar-refractivity contribution is -0.157. The molecule has 0 radical (unpaired) electrons. The van der Waals surface area contributed by atoms with Gasteiger partial charge in [-0.1, -0.05) is 47.5 Å². The van der Waals surface area contributed by atoms with Crippen LogP contribution in [-0.4, -0.2) is 40.5 Å². The standard InChI is InChI=1S/C23H42O3Si2/c1-10-23(21-20-24-22(8,9)25-21,26-28(14-5,15-6)16-7)18-17-19-27(11-2,12-3)13-4/h1,21H,11-16,18,20H2,2-9H3/t21-,23+/m1/s1. The molecule has 5 heteroatoms. The molecule has 0 saturated carbocycles. The fourth-order valence-electron chi connectivity index (χ4n) is 4.04. The molecule has 3 nitrogen and oxygen atoms in total. The van der Waals surface area contributed by atoms with Crippen molar-refractivity contribution in [2.24, 2.45) is 0 Å². The summed E-state index contributed by atoms with van der Waals surface area (Å²) in [7, 11) is -3.47. The van der Waals surface area contributed by atoms with Crippen molar-refractivity contribution >= 4 is 16.4 Å². The lowest BCUT2D eigenvalue weighted by Gasteiger charge is -2.41. The molecule has 28 heavy (non-hydrogen) atoms. The fourth-order valence-corrected chi connectivity index (χ4v) is 9.50. The van der Waals surface area contributed by atoms with E-state index in [1.165, 1.54) is 18.1 Å². The predicted molar refractivity (Wildman–Crippen MR) is 124 cm³/mol. The monoisotopic (exact) mass is 422 g/mol. The highest BCUT2D eigenvalue weighted by molar-refractivity contribution is 6.87. The summed E-state index contributed by atoms with van der Waals surface area (Å²) in [6, 6.07) is 6.70. The van der Waals surface area contributed by atoms with Crippen LogP contribution in [0.5, 0.6) is 0 Å². The summed E-state index contributed by atoms with van der Waals surface area (Å²) in [5, 5.41) is 0. The Hall–Kier alpha value is -0.566. The summed E-state index contributed by atoms with van der Waals surface area (Å²) in [6.45, 7) is 17.8. The highest BCUT2D eigenvalue weighted by Crippen LogP contribution is 2.38. The van der Waals surface area contributed by atoms with Crippen LogP contribution in [0.25, 0.3) is 0 Å². The highest BCUT2D eigenvalue weighted by atomic mass is 28.4. The van der Waals surface area contributed by atoms with Crippen molar-refractivity contribution in [3.63, 3.8) is 0 Å². The molecule has 160 valence electrons. The van der Waals surface area contributed by atoms with Crippen molar-refractivity contribution in [1.29, 1.82) is 0 Å². The smallest absolute Gasteiger partial charge is 0.194 e. The first-order valence-corrected chi connectivity index (χ1v) is 16.3. The number of terminal acetylenes is 1. The maximum Gasteiger partial charge on any atom is 0.194 e. The summed E-state index contributed by atoms with van der Waals surface area (Å²) >= 11 is 0. The second kappa shape index (κ2) is 10.5. The van der Waals surface area contributed by atoms with Gasteiger partial charge in [0.05, 0.1) is 13.0 Å².